The molecule has 0 N–H and O–H groups in total. The molecule has 0 aliphatic heterocycles. The second-order valence-electron chi connectivity index (χ2n) is 3.92. The first-order valence-corrected chi connectivity index (χ1v) is 7.50. The molecule has 2 aromatic carbocycles. The fourth-order valence-electron chi connectivity index (χ4n) is 1.75. The molecule has 0 radical (unpaired) electrons. The number of benzene rings is 2. The third-order valence-corrected chi connectivity index (χ3v) is 4.70. The van der Waals surface area contributed by atoms with Gasteiger partial charge in [-0.1, -0.05) is 56.8 Å². The number of hydrogen-bond acceptors (Lipinski definition) is 1. The summed E-state index contributed by atoms with van der Waals surface area (Å²) in [6.45, 7) is 0. The Kier molecular flexibility index (Phi) is 5.02. The smallest absolute Gasteiger partial charge is 0.123 e. The number of alkyl halides is 1. The molecule has 0 aliphatic rings. The Morgan fingerprint density at radius 3 is 2.37 bits per heavy atom. The lowest BCUT2D eigenvalue weighted by atomic mass is 10.0. The fraction of sp³-hybridized carbons (Fsp3) is 0.143. The number of ether oxygens (including phenoxy) is 1. The van der Waals surface area contributed by atoms with Crippen molar-refractivity contribution in [3.63, 3.8) is 0 Å². The van der Waals surface area contributed by atoms with E-state index in [2.05, 4.69) is 15.9 Å². The minimum atomic E-state index is -0.0732. The van der Waals surface area contributed by atoms with Crippen molar-refractivity contribution in [2.45, 2.75) is 4.83 Å². The number of rotatable bonds is 3. The van der Waals surface area contributed by atoms with Gasteiger partial charge in [-0.25, -0.2) is 0 Å². The molecule has 1 nitrogen and oxygen atoms in total. The SMILES string of the molecule is COc1ccc(Cl)cc1C(Br)c1ccc(Cl)c(Cl)c1. The summed E-state index contributed by atoms with van der Waals surface area (Å²) in [5, 5.41) is 1.70. The van der Waals surface area contributed by atoms with Crippen LogP contribution in [0.3, 0.4) is 0 Å². The van der Waals surface area contributed by atoms with Crippen molar-refractivity contribution in [1.82, 2.24) is 0 Å². The Morgan fingerprint density at radius 1 is 1.00 bits per heavy atom. The van der Waals surface area contributed by atoms with Gasteiger partial charge >= 0.3 is 0 Å². The molecule has 0 aliphatic carbocycles. The molecule has 2 rings (SSSR count). The van der Waals surface area contributed by atoms with Crippen molar-refractivity contribution in [1.29, 1.82) is 0 Å². The highest BCUT2D eigenvalue weighted by Gasteiger charge is 2.16. The van der Waals surface area contributed by atoms with Crippen LogP contribution in [0.4, 0.5) is 0 Å². The predicted octanol–water partition coefficient (Wildman–Crippen LogP) is 6.14. The number of halogens is 4. The van der Waals surface area contributed by atoms with E-state index in [-0.39, 0.29) is 4.83 Å². The van der Waals surface area contributed by atoms with Crippen LogP contribution in [0.15, 0.2) is 36.4 Å². The molecule has 0 heterocycles. The lowest BCUT2D eigenvalue weighted by Crippen LogP contribution is -1.97. The van der Waals surface area contributed by atoms with Gasteiger partial charge in [0, 0.05) is 10.6 Å². The fourth-order valence-corrected chi connectivity index (χ4v) is 2.88. The molecule has 0 fully saturated rings. The van der Waals surface area contributed by atoms with E-state index in [9.17, 15) is 0 Å². The summed E-state index contributed by atoms with van der Waals surface area (Å²) in [5.74, 6) is 0.761. The van der Waals surface area contributed by atoms with E-state index in [1.54, 1.807) is 19.2 Å². The minimum Gasteiger partial charge on any atom is -0.496 e. The van der Waals surface area contributed by atoms with E-state index < -0.39 is 0 Å². The second-order valence-corrected chi connectivity index (χ2v) is 6.09. The van der Waals surface area contributed by atoms with Crippen molar-refractivity contribution in [2.24, 2.45) is 0 Å². The normalized spacial score (nSPS) is 12.3. The Bertz CT molecular complexity index is 601. The van der Waals surface area contributed by atoms with Crippen LogP contribution in [-0.2, 0) is 0 Å². The van der Waals surface area contributed by atoms with Gasteiger partial charge in [0.15, 0.2) is 0 Å². The van der Waals surface area contributed by atoms with Crippen LogP contribution in [0.25, 0.3) is 0 Å². The van der Waals surface area contributed by atoms with Crippen molar-refractivity contribution < 1.29 is 4.74 Å². The minimum absolute atomic E-state index is 0.0732. The summed E-state index contributed by atoms with van der Waals surface area (Å²) in [6, 6.07) is 11.0. The van der Waals surface area contributed by atoms with Crippen molar-refractivity contribution in [2.75, 3.05) is 7.11 Å². The molecule has 0 saturated carbocycles. The summed E-state index contributed by atoms with van der Waals surface area (Å²) in [5.41, 5.74) is 1.92. The first kappa shape index (κ1) is 15.0. The molecule has 2 aromatic rings. The zero-order valence-electron chi connectivity index (χ0n) is 9.96. The quantitative estimate of drug-likeness (QED) is 0.581. The average molecular weight is 380 g/mol. The predicted molar refractivity (Wildman–Crippen MR) is 85.2 cm³/mol. The van der Waals surface area contributed by atoms with Gasteiger partial charge < -0.3 is 4.74 Å². The Morgan fingerprint density at radius 2 is 1.74 bits per heavy atom. The largest absolute Gasteiger partial charge is 0.496 e. The van der Waals surface area contributed by atoms with Crippen molar-refractivity contribution in [3.8, 4) is 5.75 Å². The molecule has 100 valence electrons. The maximum atomic E-state index is 6.04. The molecule has 1 atom stereocenters. The second kappa shape index (κ2) is 6.36. The van der Waals surface area contributed by atoms with Gasteiger partial charge in [0.2, 0.25) is 0 Å². The Labute approximate surface area is 135 Å². The van der Waals surface area contributed by atoms with Crippen LogP contribution in [0.2, 0.25) is 15.1 Å². The zero-order chi connectivity index (χ0) is 14.0. The van der Waals surface area contributed by atoms with E-state index in [4.69, 9.17) is 39.5 Å². The number of hydrogen-bond donors (Lipinski definition) is 0. The maximum absolute atomic E-state index is 6.04. The molecular formula is C14H10BrCl3O. The molecule has 0 bridgehead atoms. The monoisotopic (exact) mass is 378 g/mol. The highest BCUT2D eigenvalue weighted by Crippen LogP contribution is 2.39. The van der Waals surface area contributed by atoms with Crippen molar-refractivity contribution >= 4 is 50.7 Å². The molecular weight excluding hydrogens is 370 g/mol. The van der Waals surface area contributed by atoms with Crippen molar-refractivity contribution in [3.05, 3.63) is 62.6 Å². The van der Waals surface area contributed by atoms with Gasteiger partial charge in [-0.3, -0.25) is 0 Å². The van der Waals surface area contributed by atoms with Gasteiger partial charge in [-0.05, 0) is 35.9 Å². The van der Waals surface area contributed by atoms with Gasteiger partial charge in [0.25, 0.3) is 0 Å². The first-order chi connectivity index (χ1) is 9.02. The lowest BCUT2D eigenvalue weighted by Gasteiger charge is -2.15. The molecule has 0 saturated heterocycles. The number of methoxy groups -OCH3 is 1. The van der Waals surface area contributed by atoms with E-state index in [1.165, 1.54) is 0 Å². The van der Waals surface area contributed by atoms with Crippen LogP contribution in [0, 0.1) is 0 Å². The van der Waals surface area contributed by atoms with E-state index in [0.717, 1.165) is 16.9 Å². The summed E-state index contributed by atoms with van der Waals surface area (Å²) in [4.78, 5) is -0.0732. The van der Waals surface area contributed by atoms with Crippen LogP contribution in [0.1, 0.15) is 16.0 Å². The Balaban J connectivity index is 2.45. The summed E-state index contributed by atoms with van der Waals surface area (Å²) in [7, 11) is 1.63. The van der Waals surface area contributed by atoms with Gasteiger partial charge in [-0.2, -0.15) is 0 Å². The Hall–Kier alpha value is -0.410. The average Bonchev–Trinajstić information content (AvgIpc) is 2.41. The highest BCUT2D eigenvalue weighted by atomic mass is 79.9. The lowest BCUT2D eigenvalue weighted by molar-refractivity contribution is 0.410. The molecule has 5 heteroatoms. The third kappa shape index (κ3) is 3.38. The standard InChI is InChI=1S/C14H10BrCl3O/c1-19-13-5-3-9(16)7-10(13)14(15)8-2-4-11(17)12(18)6-8/h2-7,14H,1H3. The van der Waals surface area contributed by atoms with Crippen LogP contribution in [0.5, 0.6) is 5.75 Å². The maximum Gasteiger partial charge on any atom is 0.123 e. The van der Waals surface area contributed by atoms with E-state index in [0.29, 0.717) is 15.1 Å². The summed E-state index contributed by atoms with van der Waals surface area (Å²) < 4.78 is 5.35. The van der Waals surface area contributed by atoms with Gasteiger partial charge in [0.05, 0.1) is 22.0 Å². The molecule has 1 unspecified atom stereocenters. The third-order valence-electron chi connectivity index (χ3n) is 2.70. The van der Waals surface area contributed by atoms with E-state index in [1.807, 2.05) is 24.3 Å². The molecule has 19 heavy (non-hydrogen) atoms. The van der Waals surface area contributed by atoms with Gasteiger partial charge in [0.1, 0.15) is 5.75 Å². The van der Waals surface area contributed by atoms with Gasteiger partial charge in [-0.15, -0.1) is 0 Å². The molecule has 0 spiro atoms. The topological polar surface area (TPSA) is 9.23 Å². The van der Waals surface area contributed by atoms with Crippen LogP contribution >= 0.6 is 50.7 Å². The van der Waals surface area contributed by atoms with E-state index >= 15 is 0 Å². The summed E-state index contributed by atoms with van der Waals surface area (Å²) in [6.07, 6.45) is 0. The molecule has 0 amide bonds. The van der Waals surface area contributed by atoms with Crippen LogP contribution in [-0.4, -0.2) is 7.11 Å². The highest BCUT2D eigenvalue weighted by molar-refractivity contribution is 9.09. The molecule has 0 aromatic heterocycles. The summed E-state index contributed by atoms with van der Waals surface area (Å²) >= 11 is 21.6. The first-order valence-electron chi connectivity index (χ1n) is 5.45. The zero-order valence-corrected chi connectivity index (χ0v) is 13.8. The van der Waals surface area contributed by atoms with Crippen LogP contribution < -0.4 is 4.74 Å².